The fraction of sp³-hybridized carbons (Fsp3) is 0.923. The molecular weight excluding hydrogens is 490 g/mol. The van der Waals surface area contributed by atoms with E-state index >= 15 is 0 Å². The second-order valence-electron chi connectivity index (χ2n) is 6.15. The molecule has 18 heteroatoms. The summed E-state index contributed by atoms with van der Waals surface area (Å²) in [5, 5.41) is 0.906. The number of amides is 1. The lowest BCUT2D eigenvalue weighted by atomic mass is 9.89. The average Bonchev–Trinajstić information content (AvgIpc) is 2.59. The molecule has 0 saturated carbocycles. The summed E-state index contributed by atoms with van der Waals surface area (Å²) in [4.78, 5) is 11.1. The van der Waals surface area contributed by atoms with Crippen LogP contribution >= 0.6 is 0 Å². The molecule has 0 bridgehead atoms. The molecule has 0 aromatic heterocycles. The average molecular weight is 501 g/mol. The highest BCUT2D eigenvalue weighted by Gasteiger charge is 2.94. The van der Waals surface area contributed by atoms with Crippen LogP contribution in [0.5, 0.6) is 0 Å². The normalized spacial score (nSPS) is 16.5. The summed E-state index contributed by atoms with van der Waals surface area (Å²) in [6, 6.07) is -1.50. The van der Waals surface area contributed by atoms with Gasteiger partial charge in [-0.2, -0.15) is 61.5 Å². The van der Waals surface area contributed by atoms with Crippen molar-refractivity contribution in [3.05, 3.63) is 0 Å². The Morgan fingerprint density at radius 3 is 1.32 bits per heavy atom. The van der Waals surface area contributed by atoms with Crippen LogP contribution in [-0.2, 0) is 4.79 Å². The van der Waals surface area contributed by atoms with Crippen molar-refractivity contribution in [2.45, 2.75) is 74.2 Å². The van der Waals surface area contributed by atoms with Gasteiger partial charge in [0.15, 0.2) is 0 Å². The summed E-state index contributed by atoms with van der Waals surface area (Å²) in [6.07, 6.45) is -6.24. The SMILES string of the molecule is CCC(C)NC(=O)C(F)(F)C(F)(F)C(F)(F)C(F)(F)C(F)(F)C(F)(F)C(F)(F)C(F)F. The van der Waals surface area contributed by atoms with Gasteiger partial charge < -0.3 is 5.32 Å². The van der Waals surface area contributed by atoms with Crippen molar-refractivity contribution < 1.29 is 75.0 Å². The highest BCUT2D eigenvalue weighted by Crippen LogP contribution is 2.62. The molecule has 0 aliphatic heterocycles. The quantitative estimate of drug-likeness (QED) is 0.388. The maximum atomic E-state index is 13.5. The zero-order chi connectivity index (χ0) is 25.6. The highest BCUT2D eigenvalue weighted by molar-refractivity contribution is 5.85. The van der Waals surface area contributed by atoms with Crippen LogP contribution in [0.3, 0.4) is 0 Å². The zero-order valence-electron chi connectivity index (χ0n) is 14.8. The summed E-state index contributed by atoms with van der Waals surface area (Å²) >= 11 is 0. The molecule has 1 N–H and O–H groups in total. The molecule has 0 heterocycles. The van der Waals surface area contributed by atoms with Crippen LogP contribution in [0.25, 0.3) is 0 Å². The first-order valence-electron chi connectivity index (χ1n) is 7.56. The third-order valence-corrected chi connectivity index (χ3v) is 3.94. The van der Waals surface area contributed by atoms with E-state index in [-0.39, 0.29) is 6.42 Å². The molecule has 1 amide bonds. The third kappa shape index (κ3) is 3.98. The zero-order valence-corrected chi connectivity index (χ0v) is 14.8. The Kier molecular flexibility index (Phi) is 7.61. The summed E-state index contributed by atoms with van der Waals surface area (Å²) in [5.41, 5.74) is 0. The van der Waals surface area contributed by atoms with Crippen molar-refractivity contribution in [3.8, 4) is 0 Å². The van der Waals surface area contributed by atoms with Gasteiger partial charge >= 0.3 is 47.9 Å². The maximum Gasteiger partial charge on any atom is 0.392 e. The minimum atomic E-state index is -8.51. The van der Waals surface area contributed by atoms with Gasteiger partial charge in [0, 0.05) is 6.04 Å². The van der Waals surface area contributed by atoms with Crippen LogP contribution in [0.15, 0.2) is 0 Å². The first-order chi connectivity index (χ1) is 13.3. The number of rotatable bonds is 10. The van der Waals surface area contributed by atoms with E-state index in [9.17, 15) is 75.0 Å². The number of carbonyl (C=O) groups is 1. The Morgan fingerprint density at radius 1 is 0.677 bits per heavy atom. The Morgan fingerprint density at radius 2 is 1.00 bits per heavy atom. The molecule has 0 rings (SSSR count). The van der Waals surface area contributed by atoms with Gasteiger partial charge in [-0.15, -0.1) is 0 Å². The van der Waals surface area contributed by atoms with Gasteiger partial charge in [-0.05, 0) is 13.3 Å². The fourth-order valence-electron chi connectivity index (χ4n) is 1.69. The minimum Gasteiger partial charge on any atom is -0.348 e. The first-order valence-corrected chi connectivity index (χ1v) is 7.56. The smallest absolute Gasteiger partial charge is 0.348 e. The van der Waals surface area contributed by atoms with Crippen molar-refractivity contribution >= 4 is 5.91 Å². The fourth-order valence-corrected chi connectivity index (χ4v) is 1.69. The van der Waals surface area contributed by atoms with Crippen LogP contribution in [0.1, 0.15) is 20.3 Å². The van der Waals surface area contributed by atoms with E-state index in [1.165, 1.54) is 0 Å². The van der Waals surface area contributed by atoms with Crippen molar-refractivity contribution in [1.82, 2.24) is 5.32 Å². The highest BCUT2D eigenvalue weighted by atomic mass is 19.4. The number of alkyl halides is 16. The molecule has 186 valence electrons. The van der Waals surface area contributed by atoms with E-state index in [0.29, 0.717) is 0 Å². The van der Waals surface area contributed by atoms with Gasteiger partial charge in [-0.25, -0.2) is 8.78 Å². The monoisotopic (exact) mass is 501 g/mol. The van der Waals surface area contributed by atoms with Gasteiger partial charge in [0.05, 0.1) is 0 Å². The Labute approximate surface area is 161 Å². The second-order valence-corrected chi connectivity index (χ2v) is 6.15. The molecule has 31 heavy (non-hydrogen) atoms. The van der Waals surface area contributed by atoms with Gasteiger partial charge in [-0.1, -0.05) is 6.92 Å². The molecule has 0 aromatic rings. The summed E-state index contributed by atoms with van der Waals surface area (Å²) < 4.78 is 209. The summed E-state index contributed by atoms with van der Waals surface area (Å²) in [6.45, 7) is 1.91. The molecule has 0 aliphatic carbocycles. The number of halogens is 16. The Bertz CT molecular complexity index is 658. The van der Waals surface area contributed by atoms with Crippen LogP contribution < -0.4 is 5.32 Å². The predicted molar refractivity (Wildman–Crippen MR) is 68.5 cm³/mol. The molecule has 0 aliphatic rings. The second kappa shape index (κ2) is 8.04. The maximum absolute atomic E-state index is 13.5. The van der Waals surface area contributed by atoms with Crippen molar-refractivity contribution in [2.75, 3.05) is 0 Å². The van der Waals surface area contributed by atoms with Gasteiger partial charge in [-0.3, -0.25) is 4.79 Å². The molecule has 0 spiro atoms. The molecule has 1 atom stereocenters. The third-order valence-electron chi connectivity index (χ3n) is 3.94. The molecule has 0 radical (unpaired) electrons. The number of nitrogens with one attached hydrogen (secondary N) is 1. The van der Waals surface area contributed by atoms with Gasteiger partial charge in [0.1, 0.15) is 0 Å². The molecular formula is C13H11F16NO. The Balaban J connectivity index is 6.59. The van der Waals surface area contributed by atoms with E-state index in [1.807, 2.05) is 0 Å². The van der Waals surface area contributed by atoms with Crippen LogP contribution in [-0.4, -0.2) is 59.8 Å². The molecule has 2 nitrogen and oxygen atoms in total. The van der Waals surface area contributed by atoms with Crippen molar-refractivity contribution in [1.29, 1.82) is 0 Å². The van der Waals surface area contributed by atoms with Gasteiger partial charge in [0.2, 0.25) is 0 Å². The lowest BCUT2D eigenvalue weighted by Crippen LogP contribution is -2.74. The lowest BCUT2D eigenvalue weighted by Gasteiger charge is -2.42. The molecule has 0 fully saturated rings. The van der Waals surface area contributed by atoms with E-state index in [2.05, 4.69) is 0 Å². The molecule has 1 unspecified atom stereocenters. The summed E-state index contributed by atoms with van der Waals surface area (Å²) in [7, 11) is 0. The first kappa shape index (κ1) is 29.3. The van der Waals surface area contributed by atoms with E-state index in [0.717, 1.165) is 19.2 Å². The molecule has 0 aromatic carbocycles. The molecule has 0 saturated heterocycles. The lowest BCUT2D eigenvalue weighted by molar-refractivity contribution is -0.443. The number of hydrogen-bond acceptors (Lipinski definition) is 1. The summed E-state index contributed by atoms with van der Waals surface area (Å²) in [5.74, 6) is -59.3. The van der Waals surface area contributed by atoms with Crippen LogP contribution in [0, 0.1) is 0 Å². The van der Waals surface area contributed by atoms with E-state index in [1.54, 1.807) is 0 Å². The number of hydrogen-bond donors (Lipinski definition) is 1. The predicted octanol–water partition coefficient (Wildman–Crippen LogP) is 5.61. The van der Waals surface area contributed by atoms with E-state index < -0.39 is 59.8 Å². The minimum absolute atomic E-state index is 0.340. The standard InChI is InChI=1S/C13H11F16NO/c1-3-4(2)30-6(31)8(18,19)10(22,23)12(26,27)13(28,29)11(24,25)9(20,21)7(16,17)5(14)15/h4-5H,3H2,1-2H3,(H,30,31). The van der Waals surface area contributed by atoms with E-state index in [4.69, 9.17) is 0 Å². The topological polar surface area (TPSA) is 29.1 Å². The Hall–Kier alpha value is -1.65. The van der Waals surface area contributed by atoms with Crippen molar-refractivity contribution in [2.24, 2.45) is 0 Å². The largest absolute Gasteiger partial charge is 0.392 e. The van der Waals surface area contributed by atoms with Crippen LogP contribution in [0.2, 0.25) is 0 Å². The number of carbonyl (C=O) groups excluding carboxylic acids is 1. The van der Waals surface area contributed by atoms with Crippen LogP contribution in [0.4, 0.5) is 70.2 Å². The van der Waals surface area contributed by atoms with Gasteiger partial charge in [0.25, 0.3) is 5.91 Å². The van der Waals surface area contributed by atoms with Crippen molar-refractivity contribution in [3.63, 3.8) is 0 Å².